The topological polar surface area (TPSA) is 41.6 Å². The van der Waals surface area contributed by atoms with E-state index in [2.05, 4.69) is 27.8 Å². The lowest BCUT2D eigenvalue weighted by Gasteiger charge is -2.15. The summed E-state index contributed by atoms with van der Waals surface area (Å²) >= 11 is 0. The molecule has 3 rings (SSSR count). The van der Waals surface area contributed by atoms with E-state index in [1.165, 1.54) is 5.39 Å². The standard InChI is InChI=1S/C16H15N3/c1-16(2,10-17)11-4-5-12-13-9-18-7-6-14(13)19(3)15(12)8-11/h4-9H,1-3H3. The van der Waals surface area contributed by atoms with Crippen LogP contribution in [0, 0.1) is 11.3 Å². The Balaban J connectivity index is 2.39. The van der Waals surface area contributed by atoms with Gasteiger partial charge in [-0.2, -0.15) is 5.26 Å². The Morgan fingerprint density at radius 2 is 1.95 bits per heavy atom. The summed E-state index contributed by atoms with van der Waals surface area (Å²) < 4.78 is 2.16. The van der Waals surface area contributed by atoms with Gasteiger partial charge in [0.05, 0.1) is 17.0 Å². The van der Waals surface area contributed by atoms with E-state index in [0.717, 1.165) is 22.0 Å². The molecule has 3 nitrogen and oxygen atoms in total. The van der Waals surface area contributed by atoms with Gasteiger partial charge in [0.15, 0.2) is 0 Å². The minimum Gasteiger partial charge on any atom is -0.344 e. The fraction of sp³-hybridized carbons (Fsp3) is 0.250. The van der Waals surface area contributed by atoms with Crippen molar-refractivity contribution in [1.82, 2.24) is 9.55 Å². The third-order valence-corrected chi connectivity index (χ3v) is 3.81. The van der Waals surface area contributed by atoms with Gasteiger partial charge in [0, 0.05) is 35.7 Å². The van der Waals surface area contributed by atoms with E-state index in [-0.39, 0.29) is 0 Å². The highest BCUT2D eigenvalue weighted by molar-refractivity contribution is 6.07. The van der Waals surface area contributed by atoms with E-state index in [0.29, 0.717) is 0 Å². The molecule has 0 atom stereocenters. The van der Waals surface area contributed by atoms with Crippen LogP contribution in [0.3, 0.4) is 0 Å². The number of hydrogen-bond acceptors (Lipinski definition) is 2. The molecule has 0 bridgehead atoms. The van der Waals surface area contributed by atoms with Crippen LogP contribution in [0.25, 0.3) is 21.8 Å². The van der Waals surface area contributed by atoms with Crippen molar-refractivity contribution < 1.29 is 0 Å². The molecule has 0 aliphatic rings. The molecule has 19 heavy (non-hydrogen) atoms. The van der Waals surface area contributed by atoms with Crippen molar-refractivity contribution in [2.45, 2.75) is 19.3 Å². The van der Waals surface area contributed by atoms with E-state index in [1.807, 2.05) is 39.2 Å². The Morgan fingerprint density at radius 1 is 1.16 bits per heavy atom. The number of benzene rings is 1. The van der Waals surface area contributed by atoms with Crippen LogP contribution in [0.2, 0.25) is 0 Å². The molecule has 0 saturated heterocycles. The van der Waals surface area contributed by atoms with Crippen LogP contribution in [0.15, 0.2) is 36.7 Å². The summed E-state index contributed by atoms with van der Waals surface area (Å²) in [5.74, 6) is 0. The molecule has 0 spiro atoms. The summed E-state index contributed by atoms with van der Waals surface area (Å²) in [4.78, 5) is 4.20. The lowest BCUT2D eigenvalue weighted by Crippen LogP contribution is -2.13. The van der Waals surface area contributed by atoms with Gasteiger partial charge in [-0.25, -0.2) is 0 Å². The lowest BCUT2D eigenvalue weighted by molar-refractivity contribution is 0.687. The fourth-order valence-corrected chi connectivity index (χ4v) is 2.51. The van der Waals surface area contributed by atoms with Crippen LogP contribution >= 0.6 is 0 Å². The van der Waals surface area contributed by atoms with Gasteiger partial charge in [-0.3, -0.25) is 4.98 Å². The molecule has 0 unspecified atom stereocenters. The second kappa shape index (κ2) is 3.83. The first-order chi connectivity index (χ1) is 9.04. The smallest absolute Gasteiger partial charge is 0.0767 e. The Labute approximate surface area is 112 Å². The van der Waals surface area contributed by atoms with Crippen molar-refractivity contribution in [3.05, 3.63) is 42.2 Å². The number of aromatic nitrogens is 2. The van der Waals surface area contributed by atoms with Gasteiger partial charge in [-0.05, 0) is 31.5 Å². The van der Waals surface area contributed by atoms with Crippen molar-refractivity contribution in [3.8, 4) is 6.07 Å². The van der Waals surface area contributed by atoms with Gasteiger partial charge in [0.25, 0.3) is 0 Å². The third kappa shape index (κ3) is 1.61. The third-order valence-electron chi connectivity index (χ3n) is 3.81. The van der Waals surface area contributed by atoms with Crippen LogP contribution in [0.5, 0.6) is 0 Å². The van der Waals surface area contributed by atoms with Gasteiger partial charge in [-0.15, -0.1) is 0 Å². The monoisotopic (exact) mass is 249 g/mol. The molecule has 0 fully saturated rings. The maximum Gasteiger partial charge on any atom is 0.0767 e. The molecule has 94 valence electrons. The van der Waals surface area contributed by atoms with Crippen molar-refractivity contribution in [3.63, 3.8) is 0 Å². The molecule has 0 amide bonds. The van der Waals surface area contributed by atoms with Crippen LogP contribution in [-0.4, -0.2) is 9.55 Å². The van der Waals surface area contributed by atoms with Gasteiger partial charge in [0.1, 0.15) is 0 Å². The quantitative estimate of drug-likeness (QED) is 0.662. The van der Waals surface area contributed by atoms with E-state index in [1.54, 1.807) is 6.20 Å². The molecule has 3 heteroatoms. The fourth-order valence-electron chi connectivity index (χ4n) is 2.51. The van der Waals surface area contributed by atoms with Gasteiger partial charge in [-0.1, -0.05) is 12.1 Å². The predicted molar refractivity (Wildman–Crippen MR) is 76.9 cm³/mol. The number of rotatable bonds is 1. The van der Waals surface area contributed by atoms with E-state index in [4.69, 9.17) is 0 Å². The molecule has 0 aliphatic heterocycles. The summed E-state index contributed by atoms with van der Waals surface area (Å²) in [5, 5.41) is 11.6. The summed E-state index contributed by atoms with van der Waals surface area (Å²) in [6.45, 7) is 3.89. The van der Waals surface area contributed by atoms with Crippen LogP contribution in [-0.2, 0) is 12.5 Å². The van der Waals surface area contributed by atoms with Crippen molar-refractivity contribution in [1.29, 1.82) is 5.26 Å². The normalized spacial score (nSPS) is 11.9. The number of nitriles is 1. The Hall–Kier alpha value is -2.34. The van der Waals surface area contributed by atoms with Crippen LogP contribution in [0.4, 0.5) is 0 Å². The first-order valence-electron chi connectivity index (χ1n) is 6.28. The molecule has 0 aliphatic carbocycles. The second-order valence-corrected chi connectivity index (χ2v) is 5.42. The zero-order chi connectivity index (χ0) is 13.6. The molecular weight excluding hydrogens is 234 g/mol. The minimum atomic E-state index is -0.469. The summed E-state index contributed by atoms with van der Waals surface area (Å²) in [5.41, 5.74) is 2.88. The maximum atomic E-state index is 9.26. The van der Waals surface area contributed by atoms with E-state index < -0.39 is 5.41 Å². The highest BCUT2D eigenvalue weighted by Gasteiger charge is 2.21. The zero-order valence-electron chi connectivity index (χ0n) is 11.3. The molecule has 2 heterocycles. The molecule has 0 radical (unpaired) electrons. The van der Waals surface area contributed by atoms with Gasteiger partial charge in [0.2, 0.25) is 0 Å². The van der Waals surface area contributed by atoms with Crippen molar-refractivity contribution in [2.24, 2.45) is 7.05 Å². The summed E-state index contributed by atoms with van der Waals surface area (Å²) in [6, 6.07) is 10.6. The highest BCUT2D eigenvalue weighted by atomic mass is 14.9. The second-order valence-electron chi connectivity index (χ2n) is 5.42. The Kier molecular flexibility index (Phi) is 2.36. The van der Waals surface area contributed by atoms with Crippen LogP contribution < -0.4 is 0 Å². The minimum absolute atomic E-state index is 0.469. The number of hydrogen-bond donors (Lipinski definition) is 0. The average Bonchev–Trinajstić information content (AvgIpc) is 2.73. The van der Waals surface area contributed by atoms with Crippen LogP contribution in [0.1, 0.15) is 19.4 Å². The van der Waals surface area contributed by atoms with Gasteiger partial charge >= 0.3 is 0 Å². The van der Waals surface area contributed by atoms with Gasteiger partial charge < -0.3 is 4.57 Å². The predicted octanol–water partition coefficient (Wildman–Crippen LogP) is 3.53. The Morgan fingerprint density at radius 3 is 2.68 bits per heavy atom. The Bertz CT molecular complexity index is 819. The number of fused-ring (bicyclic) bond motifs is 3. The lowest BCUT2D eigenvalue weighted by atomic mass is 9.86. The molecular formula is C16H15N3. The van der Waals surface area contributed by atoms with Crippen molar-refractivity contribution in [2.75, 3.05) is 0 Å². The van der Waals surface area contributed by atoms with Crippen molar-refractivity contribution >= 4 is 21.8 Å². The average molecular weight is 249 g/mol. The summed E-state index contributed by atoms with van der Waals surface area (Å²) in [7, 11) is 2.05. The SMILES string of the molecule is Cn1c2ccncc2c2ccc(C(C)(C)C#N)cc21. The van der Waals surface area contributed by atoms with E-state index >= 15 is 0 Å². The van der Waals surface area contributed by atoms with E-state index in [9.17, 15) is 5.26 Å². The first-order valence-corrected chi connectivity index (χ1v) is 6.28. The number of aryl methyl sites for hydroxylation is 1. The zero-order valence-corrected chi connectivity index (χ0v) is 11.3. The largest absolute Gasteiger partial charge is 0.344 e. The molecule has 0 N–H and O–H groups in total. The molecule has 2 aromatic heterocycles. The summed E-state index contributed by atoms with van der Waals surface area (Å²) in [6.07, 6.45) is 3.70. The molecule has 3 aromatic rings. The number of pyridine rings is 1. The first kappa shape index (κ1) is 11.7. The molecule has 1 aromatic carbocycles. The maximum absolute atomic E-state index is 9.26. The highest BCUT2D eigenvalue weighted by Crippen LogP contribution is 2.31. The molecule has 0 saturated carbocycles. The number of nitrogens with zero attached hydrogens (tertiary/aromatic N) is 3.